The monoisotopic (exact) mass is 852 g/mol. The molecular formula is C39H53ClN12O4S2. The van der Waals surface area contributed by atoms with Crippen molar-refractivity contribution >= 4 is 65.6 Å². The summed E-state index contributed by atoms with van der Waals surface area (Å²) in [6, 6.07) is 15.7. The molecule has 2 aliphatic rings. The van der Waals surface area contributed by atoms with Crippen LogP contribution < -0.4 is 9.80 Å². The highest BCUT2D eigenvalue weighted by Crippen LogP contribution is 2.29. The van der Waals surface area contributed by atoms with Crippen molar-refractivity contribution in [2.24, 2.45) is 8.73 Å². The van der Waals surface area contributed by atoms with E-state index in [0.717, 1.165) is 47.3 Å². The Hall–Kier alpha value is -4.75. The van der Waals surface area contributed by atoms with Gasteiger partial charge in [-0.1, -0.05) is 19.6 Å². The van der Waals surface area contributed by atoms with Crippen molar-refractivity contribution < 1.29 is 17.9 Å². The average Bonchev–Trinajstić information content (AvgIpc) is 3.68. The maximum absolute atomic E-state index is 12.3. The third kappa shape index (κ3) is 11.7. The lowest BCUT2D eigenvalue weighted by Crippen LogP contribution is -2.44. The van der Waals surface area contributed by atoms with Gasteiger partial charge in [0.1, 0.15) is 28.6 Å². The van der Waals surface area contributed by atoms with Gasteiger partial charge in [0.15, 0.2) is 17.5 Å². The number of imidazole rings is 2. The minimum absolute atomic E-state index is 0. The molecule has 2 fully saturated rings. The standard InChI is InChI=1S/C19H24N6O2S.C11H17ClN4O2S.C8H8N2.CH4/c1-13-12-27-10-9-24(13)17-11-15(23-28(3,4)26)21-19(22-17)18-14(2)20-16-7-5-6-8-25(16)18;1-8-7-18-5-4-16(8)10-6-9(13-11(12)14-10)15-19(2,3)17;1-7-6-10-5-3-2-4-8(10)9-7;/h5-8,11,13H,9-10,12H2,1-4H3;6,8H,4-5,7H2,1-3H3;2-6H,1H3;1H4/t13-;8-;;/m11../s1. The van der Waals surface area contributed by atoms with Crippen LogP contribution in [-0.4, -0.2) is 124 Å². The van der Waals surface area contributed by atoms with E-state index in [4.69, 9.17) is 26.1 Å². The highest BCUT2D eigenvalue weighted by atomic mass is 35.5. The van der Waals surface area contributed by atoms with Crippen LogP contribution in [0, 0.1) is 13.8 Å². The summed E-state index contributed by atoms with van der Waals surface area (Å²) < 4.78 is 47.4. The second-order valence-corrected chi connectivity index (χ2v) is 19.8. The first kappa shape index (κ1) is 44.4. The molecule has 16 nitrogen and oxygen atoms in total. The van der Waals surface area contributed by atoms with Crippen LogP contribution in [0.2, 0.25) is 5.28 Å². The van der Waals surface area contributed by atoms with Gasteiger partial charge in [0.05, 0.1) is 49.9 Å². The van der Waals surface area contributed by atoms with Crippen LogP contribution in [0.15, 0.2) is 75.8 Å². The SMILES string of the molecule is C.C[C@@H]1COCCN1c1cc(N=S(C)(C)=O)nc(Cl)n1.Cc1cn2ccccc2n1.Cc1nc2ccccn2c1-c1nc(N=S(C)(C)=O)cc(N2CCOC[C@H]2C)n1. The average molecular weight is 854 g/mol. The zero-order valence-corrected chi connectivity index (χ0v) is 35.8. The predicted octanol–water partition coefficient (Wildman–Crippen LogP) is 6.68. The van der Waals surface area contributed by atoms with Gasteiger partial charge in [-0.2, -0.15) is 13.7 Å². The summed E-state index contributed by atoms with van der Waals surface area (Å²) in [6.07, 6.45) is 12.3. The molecule has 312 valence electrons. The first-order valence-corrected chi connectivity index (χ1v) is 23.4. The maximum atomic E-state index is 12.3. The highest BCUT2D eigenvalue weighted by molar-refractivity contribution is 7.92. The Labute approximate surface area is 346 Å². The number of pyridine rings is 2. The van der Waals surface area contributed by atoms with E-state index in [9.17, 15) is 8.42 Å². The summed E-state index contributed by atoms with van der Waals surface area (Å²) in [7, 11) is -4.63. The van der Waals surface area contributed by atoms with Gasteiger partial charge in [-0.15, -0.1) is 0 Å². The topological polar surface area (TPSA) is 170 Å². The summed E-state index contributed by atoms with van der Waals surface area (Å²) in [4.78, 5) is 30.8. The lowest BCUT2D eigenvalue weighted by atomic mass is 10.2. The summed E-state index contributed by atoms with van der Waals surface area (Å²) in [5.41, 5.74) is 4.55. The molecule has 0 N–H and O–H groups in total. The smallest absolute Gasteiger partial charge is 0.226 e. The molecule has 0 unspecified atom stereocenters. The van der Waals surface area contributed by atoms with Gasteiger partial charge in [-0.25, -0.2) is 33.3 Å². The molecule has 0 aliphatic carbocycles. The van der Waals surface area contributed by atoms with Crippen molar-refractivity contribution in [3.8, 4) is 11.5 Å². The van der Waals surface area contributed by atoms with Crippen molar-refractivity contribution in [2.45, 2.75) is 47.2 Å². The predicted molar refractivity (Wildman–Crippen MR) is 234 cm³/mol. The molecule has 19 heteroatoms. The number of anilines is 2. The second kappa shape index (κ2) is 18.9. The number of morpholine rings is 2. The minimum atomic E-state index is -2.36. The van der Waals surface area contributed by atoms with Crippen LogP contribution in [0.1, 0.15) is 32.7 Å². The largest absolute Gasteiger partial charge is 0.377 e. The molecule has 0 radical (unpaired) electrons. The van der Waals surface area contributed by atoms with Crippen LogP contribution in [-0.2, 0) is 28.9 Å². The lowest BCUT2D eigenvalue weighted by Gasteiger charge is -2.34. The Morgan fingerprint density at radius 1 is 0.724 bits per heavy atom. The summed E-state index contributed by atoms with van der Waals surface area (Å²) in [6.45, 7) is 12.1. The van der Waals surface area contributed by atoms with Crippen LogP contribution in [0.4, 0.5) is 23.3 Å². The summed E-state index contributed by atoms with van der Waals surface area (Å²) in [5.74, 6) is 2.74. The molecule has 2 atom stereocenters. The third-order valence-electron chi connectivity index (χ3n) is 8.72. The number of fused-ring (bicyclic) bond motifs is 2. The van der Waals surface area contributed by atoms with Crippen LogP contribution in [0.25, 0.3) is 22.8 Å². The number of hydrogen-bond acceptors (Lipinski definition) is 14. The van der Waals surface area contributed by atoms with Gasteiger partial charge in [0.2, 0.25) is 5.28 Å². The van der Waals surface area contributed by atoms with Gasteiger partial charge in [-0.05, 0) is 63.6 Å². The Morgan fingerprint density at radius 3 is 1.84 bits per heavy atom. The van der Waals surface area contributed by atoms with Gasteiger partial charge in [0, 0.05) is 88.3 Å². The Balaban J connectivity index is 0.000000183. The number of ether oxygens (including phenoxy) is 2. The number of nitrogens with zero attached hydrogens (tertiary/aromatic N) is 12. The van der Waals surface area contributed by atoms with Crippen molar-refractivity contribution in [3.63, 3.8) is 0 Å². The van der Waals surface area contributed by atoms with E-state index in [1.54, 1.807) is 37.2 Å². The molecule has 0 bridgehead atoms. The van der Waals surface area contributed by atoms with E-state index in [-0.39, 0.29) is 24.8 Å². The molecular weight excluding hydrogens is 800 g/mol. The first-order valence-electron chi connectivity index (χ1n) is 18.3. The lowest BCUT2D eigenvalue weighted by molar-refractivity contribution is 0.0985. The normalized spacial score (nSPS) is 17.1. The van der Waals surface area contributed by atoms with Crippen LogP contribution >= 0.6 is 11.6 Å². The summed E-state index contributed by atoms with van der Waals surface area (Å²) in [5, 5.41) is 0.110. The van der Waals surface area contributed by atoms with Crippen LogP contribution in [0.5, 0.6) is 0 Å². The molecule has 8 heterocycles. The number of hydrogen-bond donors (Lipinski definition) is 0. The maximum Gasteiger partial charge on any atom is 0.226 e. The molecule has 58 heavy (non-hydrogen) atoms. The molecule has 0 saturated carbocycles. The number of rotatable bonds is 5. The molecule has 2 aliphatic heterocycles. The van der Waals surface area contributed by atoms with E-state index >= 15 is 0 Å². The van der Waals surface area contributed by atoms with Crippen molar-refractivity contribution in [2.75, 3.05) is 74.3 Å². The van der Waals surface area contributed by atoms with E-state index in [1.165, 1.54) is 0 Å². The van der Waals surface area contributed by atoms with E-state index in [2.05, 4.69) is 57.3 Å². The Morgan fingerprint density at radius 2 is 1.28 bits per heavy atom. The Bertz CT molecular complexity index is 2570. The summed E-state index contributed by atoms with van der Waals surface area (Å²) >= 11 is 5.91. The zero-order valence-electron chi connectivity index (χ0n) is 33.4. The van der Waals surface area contributed by atoms with Gasteiger partial charge in [-0.3, -0.25) is 4.40 Å². The third-order valence-corrected chi connectivity index (χ3v) is 10.1. The highest BCUT2D eigenvalue weighted by Gasteiger charge is 2.24. The van der Waals surface area contributed by atoms with Gasteiger partial charge >= 0.3 is 0 Å². The quantitative estimate of drug-likeness (QED) is 0.169. The van der Waals surface area contributed by atoms with Crippen molar-refractivity contribution in [1.82, 2.24) is 38.7 Å². The molecule has 0 aromatic carbocycles. The van der Waals surface area contributed by atoms with E-state index < -0.39 is 19.5 Å². The first-order chi connectivity index (χ1) is 27.0. The molecule has 8 rings (SSSR count). The van der Waals surface area contributed by atoms with Gasteiger partial charge in [0.25, 0.3) is 0 Å². The second-order valence-electron chi connectivity index (χ2n) is 14.4. The molecule has 2 saturated heterocycles. The molecule has 0 spiro atoms. The molecule has 0 amide bonds. The fourth-order valence-electron chi connectivity index (χ4n) is 6.34. The molecule has 6 aromatic rings. The van der Waals surface area contributed by atoms with E-state index in [1.807, 2.05) is 77.6 Å². The van der Waals surface area contributed by atoms with Crippen LogP contribution in [0.3, 0.4) is 0 Å². The molecule has 6 aromatic heterocycles. The van der Waals surface area contributed by atoms with Gasteiger partial charge < -0.3 is 23.7 Å². The number of halogens is 1. The van der Waals surface area contributed by atoms with Crippen molar-refractivity contribution in [1.29, 1.82) is 0 Å². The fraction of sp³-hybridized carbons (Fsp3) is 0.436. The van der Waals surface area contributed by atoms with Crippen molar-refractivity contribution in [3.05, 3.63) is 83.8 Å². The minimum Gasteiger partial charge on any atom is -0.377 e. The number of aromatic nitrogens is 8. The number of aryl methyl sites for hydroxylation is 2. The Kier molecular flexibility index (Phi) is 14.4. The van der Waals surface area contributed by atoms with E-state index in [0.29, 0.717) is 49.7 Å². The fourth-order valence-corrected chi connectivity index (χ4v) is 7.60. The zero-order chi connectivity index (χ0) is 40.9.